The molecule has 0 radical (unpaired) electrons. The molecule has 1 saturated carbocycles. The molecule has 0 atom stereocenters. The van der Waals surface area contributed by atoms with Gasteiger partial charge in [0.15, 0.2) is 0 Å². The number of rotatable bonds is 7. The highest BCUT2D eigenvalue weighted by Gasteiger charge is 2.40. The van der Waals surface area contributed by atoms with Gasteiger partial charge < -0.3 is 4.74 Å². The van der Waals surface area contributed by atoms with Gasteiger partial charge in [-0.15, -0.1) is 0 Å². The van der Waals surface area contributed by atoms with E-state index < -0.39 is 5.91 Å². The van der Waals surface area contributed by atoms with Crippen LogP contribution in [0.25, 0.3) is 23.0 Å². The number of amides is 2. The van der Waals surface area contributed by atoms with Crippen LogP contribution in [0.1, 0.15) is 49.3 Å². The lowest BCUT2D eigenvalue weighted by Gasteiger charge is -2.32. The van der Waals surface area contributed by atoms with E-state index in [0.29, 0.717) is 29.0 Å². The minimum absolute atomic E-state index is 0.0190. The van der Waals surface area contributed by atoms with Gasteiger partial charge in [0.1, 0.15) is 24.0 Å². The molecule has 1 aromatic heterocycles. The largest absolute Gasteiger partial charge is 0.489 e. The smallest absolute Gasteiger partial charge is 0.271 e. The number of aryl methyl sites for hydroxylation is 1. The summed E-state index contributed by atoms with van der Waals surface area (Å²) in [6, 6.07) is 27.6. The second kappa shape index (κ2) is 11.9. The maximum atomic E-state index is 13.9. The van der Waals surface area contributed by atoms with Gasteiger partial charge in [-0.3, -0.25) is 14.5 Å². The molecule has 0 bridgehead atoms. The number of carbonyl (C=O) groups is 2. The summed E-state index contributed by atoms with van der Waals surface area (Å²) < 4.78 is 7.89. The molecule has 2 amide bonds. The van der Waals surface area contributed by atoms with Crippen molar-refractivity contribution in [3.63, 3.8) is 0 Å². The fourth-order valence-electron chi connectivity index (χ4n) is 5.87. The van der Waals surface area contributed by atoms with Crippen molar-refractivity contribution in [2.45, 2.75) is 52.2 Å². The quantitative estimate of drug-likeness (QED) is 0.178. The Morgan fingerprint density at radius 1 is 0.953 bits per heavy atom. The lowest BCUT2D eigenvalue weighted by Crippen LogP contribution is -2.47. The molecule has 214 valence electrons. The summed E-state index contributed by atoms with van der Waals surface area (Å²) in [6.07, 6.45) is 7.11. The molecule has 1 fully saturated rings. The van der Waals surface area contributed by atoms with E-state index in [4.69, 9.17) is 9.84 Å². The minimum Gasteiger partial charge on any atom is -0.489 e. The molecular weight excluding hydrogens is 536 g/mol. The van der Waals surface area contributed by atoms with E-state index >= 15 is 0 Å². The predicted molar refractivity (Wildman–Crippen MR) is 165 cm³/mol. The summed E-state index contributed by atoms with van der Waals surface area (Å²) in [6.45, 7) is 4.14. The zero-order valence-electron chi connectivity index (χ0n) is 24.3. The Morgan fingerprint density at radius 3 is 2.33 bits per heavy atom. The number of benzene rings is 3. The molecule has 4 aromatic rings. The topological polar surface area (TPSA) is 88.2 Å². The van der Waals surface area contributed by atoms with Gasteiger partial charge in [-0.1, -0.05) is 61.4 Å². The van der Waals surface area contributed by atoms with Gasteiger partial charge in [0.05, 0.1) is 11.4 Å². The van der Waals surface area contributed by atoms with Gasteiger partial charge in [0.2, 0.25) is 0 Å². The number of nitriles is 1. The van der Waals surface area contributed by atoms with Crippen molar-refractivity contribution in [1.29, 1.82) is 5.26 Å². The molecule has 0 N–H and O–H groups in total. The van der Waals surface area contributed by atoms with Crippen molar-refractivity contribution in [3.05, 3.63) is 118 Å². The van der Waals surface area contributed by atoms with Gasteiger partial charge >= 0.3 is 0 Å². The van der Waals surface area contributed by atoms with E-state index in [1.807, 2.05) is 92.0 Å². The van der Waals surface area contributed by atoms with Crippen molar-refractivity contribution >= 4 is 17.9 Å². The zero-order chi connectivity index (χ0) is 29.9. The second-order valence-corrected chi connectivity index (χ2v) is 11.1. The number of para-hydroxylation sites is 1. The number of hydrogen-bond donors (Lipinski definition) is 0. The first-order valence-corrected chi connectivity index (χ1v) is 14.6. The highest BCUT2D eigenvalue weighted by Crippen LogP contribution is 2.35. The Balaban J connectivity index is 1.42. The first kappa shape index (κ1) is 27.9. The summed E-state index contributed by atoms with van der Waals surface area (Å²) in [5.74, 6) is -0.0655. The molecule has 2 aliphatic rings. The summed E-state index contributed by atoms with van der Waals surface area (Å²) in [5.41, 5.74) is 5.92. The third-order valence-electron chi connectivity index (χ3n) is 8.21. The van der Waals surface area contributed by atoms with Crippen molar-refractivity contribution < 1.29 is 14.3 Å². The Kier molecular flexibility index (Phi) is 7.76. The first-order chi connectivity index (χ1) is 20.9. The van der Waals surface area contributed by atoms with Crippen LogP contribution in [0.3, 0.4) is 0 Å². The number of ether oxygens (including phenoxy) is 1. The van der Waals surface area contributed by atoms with Gasteiger partial charge in [-0.2, -0.15) is 10.4 Å². The van der Waals surface area contributed by atoms with Gasteiger partial charge in [0, 0.05) is 28.9 Å². The lowest BCUT2D eigenvalue weighted by molar-refractivity contribution is -0.143. The average molecular weight is 569 g/mol. The number of imide groups is 1. The molecule has 3 aromatic carbocycles. The van der Waals surface area contributed by atoms with Crippen LogP contribution in [-0.2, 0) is 16.2 Å². The third kappa shape index (κ3) is 5.52. The molecule has 1 aliphatic carbocycles. The summed E-state index contributed by atoms with van der Waals surface area (Å²) in [4.78, 5) is 28.4. The van der Waals surface area contributed by atoms with E-state index in [2.05, 4.69) is 6.07 Å². The van der Waals surface area contributed by atoms with Crippen LogP contribution in [0.5, 0.6) is 5.75 Å². The Bertz CT molecular complexity index is 1790. The maximum absolute atomic E-state index is 13.9. The van der Waals surface area contributed by atoms with Crippen LogP contribution >= 0.6 is 0 Å². The predicted octanol–water partition coefficient (Wildman–Crippen LogP) is 6.96. The van der Waals surface area contributed by atoms with E-state index in [9.17, 15) is 14.9 Å². The van der Waals surface area contributed by atoms with Crippen LogP contribution in [0.15, 0.2) is 102 Å². The van der Waals surface area contributed by atoms with Crippen LogP contribution in [-0.4, -0.2) is 32.5 Å². The van der Waals surface area contributed by atoms with Gasteiger partial charge in [0.25, 0.3) is 11.8 Å². The highest BCUT2D eigenvalue weighted by atomic mass is 16.5. The van der Waals surface area contributed by atoms with Crippen LogP contribution < -0.4 is 4.74 Å². The molecule has 43 heavy (non-hydrogen) atoms. The third-order valence-corrected chi connectivity index (χ3v) is 8.21. The molecule has 0 spiro atoms. The molecule has 7 nitrogen and oxygen atoms in total. The van der Waals surface area contributed by atoms with E-state index in [0.717, 1.165) is 53.8 Å². The SMILES string of the molecule is CC1=C(C#N)C(=O)N(C2CCCC2)C(=O)/C1=C/c1cn(-c2ccccc2)nc1-c1ccc(OCc2ccccc2)c(C)c1. The molecule has 6 rings (SSSR count). The number of hydrogen-bond acceptors (Lipinski definition) is 5. The molecule has 7 heteroatoms. The molecule has 0 saturated heterocycles. The minimum atomic E-state index is -0.490. The fraction of sp³-hybridized carbons (Fsp3) is 0.222. The average Bonchev–Trinajstić information content (AvgIpc) is 3.71. The van der Waals surface area contributed by atoms with Crippen LogP contribution in [0.4, 0.5) is 0 Å². The first-order valence-electron chi connectivity index (χ1n) is 14.6. The van der Waals surface area contributed by atoms with Crippen LogP contribution in [0.2, 0.25) is 0 Å². The number of aromatic nitrogens is 2. The monoisotopic (exact) mass is 568 g/mol. The van der Waals surface area contributed by atoms with Crippen LogP contribution in [0, 0.1) is 18.3 Å². The van der Waals surface area contributed by atoms with Crippen molar-refractivity contribution in [1.82, 2.24) is 14.7 Å². The Labute approximate surface area is 251 Å². The summed E-state index contributed by atoms with van der Waals surface area (Å²) in [5, 5.41) is 14.8. The summed E-state index contributed by atoms with van der Waals surface area (Å²) >= 11 is 0. The van der Waals surface area contributed by atoms with Gasteiger partial charge in [-0.05, 0) is 79.8 Å². The fourth-order valence-corrected chi connectivity index (χ4v) is 5.87. The zero-order valence-corrected chi connectivity index (χ0v) is 24.3. The molecule has 0 unspecified atom stereocenters. The Hall–Kier alpha value is -5.22. The van der Waals surface area contributed by atoms with Crippen molar-refractivity contribution in [2.75, 3.05) is 0 Å². The normalized spacial score (nSPS) is 16.7. The number of carbonyl (C=O) groups excluding carboxylic acids is 2. The van der Waals surface area contributed by atoms with Crippen molar-refractivity contribution in [3.8, 4) is 28.8 Å². The standard InChI is InChI=1S/C36H32N4O3/c1-24-19-27(17-18-33(24)43-23-26-11-5-3-6-12-26)34-28(22-39(38-34)29-13-7-4-8-14-29)20-31-25(2)32(21-37)36(42)40(35(31)41)30-15-9-10-16-30/h3-8,11-14,17-20,22,30H,9-10,15-16,23H2,1-2H3/b31-20+. The highest BCUT2D eigenvalue weighted by molar-refractivity contribution is 6.20. The lowest BCUT2D eigenvalue weighted by atomic mass is 9.92. The van der Waals surface area contributed by atoms with Crippen molar-refractivity contribution in [2.24, 2.45) is 0 Å². The maximum Gasteiger partial charge on any atom is 0.271 e. The van der Waals surface area contributed by atoms with E-state index in [1.165, 1.54) is 4.90 Å². The van der Waals surface area contributed by atoms with E-state index in [-0.39, 0.29) is 17.5 Å². The van der Waals surface area contributed by atoms with Gasteiger partial charge in [-0.25, -0.2) is 4.68 Å². The number of nitrogens with zero attached hydrogens (tertiary/aromatic N) is 4. The molecule has 2 heterocycles. The Morgan fingerprint density at radius 2 is 1.65 bits per heavy atom. The second-order valence-electron chi connectivity index (χ2n) is 11.1. The summed E-state index contributed by atoms with van der Waals surface area (Å²) in [7, 11) is 0. The van der Waals surface area contributed by atoms with E-state index in [1.54, 1.807) is 17.7 Å². The molecule has 1 aliphatic heterocycles. The molecular formula is C36H32N4O3.